The summed E-state index contributed by atoms with van der Waals surface area (Å²) in [5.41, 5.74) is 5.12. The van der Waals surface area contributed by atoms with Crippen LogP contribution >= 0.6 is 0 Å². The van der Waals surface area contributed by atoms with E-state index in [0.717, 1.165) is 6.42 Å². The zero-order chi connectivity index (χ0) is 8.22. The molecule has 2 fully saturated rings. The summed E-state index contributed by atoms with van der Waals surface area (Å²) in [6.45, 7) is 3.93. The summed E-state index contributed by atoms with van der Waals surface area (Å²) in [4.78, 5) is 11.4. The van der Waals surface area contributed by atoms with Gasteiger partial charge in [0.15, 0.2) is 11.4 Å². The Morgan fingerprint density at radius 3 is 3.00 bits per heavy atom. The molecule has 0 amide bonds. The zero-order valence-corrected chi connectivity index (χ0v) is 6.83. The topological polar surface area (TPSA) is 55.6 Å². The van der Waals surface area contributed by atoms with Gasteiger partial charge in [0.25, 0.3) is 0 Å². The number of fused-ring (bicyclic) bond motifs is 1. The van der Waals surface area contributed by atoms with Gasteiger partial charge in [-0.15, -0.1) is 0 Å². The molecule has 1 saturated carbocycles. The third-order valence-electron chi connectivity index (χ3n) is 2.83. The molecule has 2 aliphatic rings. The molecule has 0 radical (unpaired) electrons. The Morgan fingerprint density at radius 2 is 2.36 bits per heavy atom. The fourth-order valence-corrected chi connectivity index (χ4v) is 2.09. The number of Topliss-reactive ketones (excluding diaryl/α,β-unsaturated/α-hetero) is 1. The van der Waals surface area contributed by atoms with Gasteiger partial charge in [0.1, 0.15) is 0 Å². The highest BCUT2D eigenvalue weighted by atomic mass is 16.6. The van der Waals surface area contributed by atoms with Gasteiger partial charge in [-0.2, -0.15) is 0 Å². The first-order valence-corrected chi connectivity index (χ1v) is 4.03. The summed E-state index contributed by atoms with van der Waals surface area (Å²) in [5, 5.41) is 0. The van der Waals surface area contributed by atoms with E-state index in [2.05, 4.69) is 6.92 Å². The van der Waals surface area contributed by atoms with Gasteiger partial charge in [-0.3, -0.25) is 4.79 Å². The Hall–Kier alpha value is -0.410. The average Bonchev–Trinajstić information content (AvgIpc) is 2.60. The Labute approximate surface area is 65.9 Å². The maximum absolute atomic E-state index is 11.4. The molecule has 3 nitrogen and oxygen atoms in total. The number of ether oxygens (including phenoxy) is 1. The van der Waals surface area contributed by atoms with Gasteiger partial charge in [0.05, 0.1) is 12.1 Å². The molecule has 4 unspecified atom stereocenters. The number of epoxide rings is 1. The normalized spacial score (nSPS) is 55.5. The largest absolute Gasteiger partial charge is 0.358 e. The highest BCUT2D eigenvalue weighted by Crippen LogP contribution is 2.47. The standard InChI is InChI=1S/C8H13NO2/c1-4-3-5(9)6(10)8(2)7(4)11-8/h4-5,7H,3,9H2,1-2H3. The number of hydrogen-bond donors (Lipinski definition) is 1. The molecule has 3 heteroatoms. The van der Waals surface area contributed by atoms with Crippen LogP contribution in [0.3, 0.4) is 0 Å². The molecule has 0 aromatic carbocycles. The summed E-state index contributed by atoms with van der Waals surface area (Å²) in [6, 6.07) is -0.297. The predicted octanol–water partition coefficient (Wildman–Crippen LogP) is 0.0801. The molecule has 62 valence electrons. The number of carbonyl (C=O) groups excluding carboxylic acids is 1. The van der Waals surface area contributed by atoms with Crippen molar-refractivity contribution in [2.75, 3.05) is 0 Å². The molecular weight excluding hydrogens is 142 g/mol. The van der Waals surface area contributed by atoms with Crippen molar-refractivity contribution < 1.29 is 9.53 Å². The van der Waals surface area contributed by atoms with E-state index in [1.165, 1.54) is 0 Å². The number of ketones is 1. The van der Waals surface area contributed by atoms with Crippen LogP contribution in [0.1, 0.15) is 20.3 Å². The molecule has 2 N–H and O–H groups in total. The van der Waals surface area contributed by atoms with E-state index in [4.69, 9.17) is 10.5 Å². The van der Waals surface area contributed by atoms with Crippen molar-refractivity contribution in [2.24, 2.45) is 11.7 Å². The molecule has 1 aliphatic heterocycles. The van der Waals surface area contributed by atoms with Crippen molar-refractivity contribution >= 4 is 5.78 Å². The zero-order valence-electron chi connectivity index (χ0n) is 6.83. The van der Waals surface area contributed by atoms with Crippen LogP contribution in [0.15, 0.2) is 0 Å². The van der Waals surface area contributed by atoms with Crippen LogP contribution in [0.5, 0.6) is 0 Å². The lowest BCUT2D eigenvalue weighted by molar-refractivity contribution is -0.125. The van der Waals surface area contributed by atoms with E-state index in [0.29, 0.717) is 5.92 Å². The summed E-state index contributed by atoms with van der Waals surface area (Å²) < 4.78 is 5.33. The minimum absolute atomic E-state index is 0.0839. The molecule has 1 saturated heterocycles. The van der Waals surface area contributed by atoms with Crippen LogP contribution in [0, 0.1) is 5.92 Å². The molecule has 0 bridgehead atoms. The van der Waals surface area contributed by atoms with E-state index < -0.39 is 5.60 Å². The number of hydrogen-bond acceptors (Lipinski definition) is 3. The van der Waals surface area contributed by atoms with E-state index >= 15 is 0 Å². The highest BCUT2D eigenvalue weighted by molar-refractivity contribution is 5.95. The van der Waals surface area contributed by atoms with Crippen LogP contribution in [-0.2, 0) is 9.53 Å². The minimum atomic E-state index is -0.517. The maximum atomic E-state index is 11.4. The molecule has 0 aromatic heterocycles. The van der Waals surface area contributed by atoms with Gasteiger partial charge in [0.2, 0.25) is 0 Å². The van der Waals surface area contributed by atoms with E-state index in [1.54, 1.807) is 0 Å². The summed E-state index contributed by atoms with van der Waals surface area (Å²) in [7, 11) is 0. The van der Waals surface area contributed by atoms with Gasteiger partial charge in [-0.05, 0) is 19.3 Å². The van der Waals surface area contributed by atoms with Crippen LogP contribution < -0.4 is 5.73 Å². The summed E-state index contributed by atoms with van der Waals surface area (Å²) >= 11 is 0. The Balaban J connectivity index is 2.23. The third kappa shape index (κ3) is 0.781. The fraction of sp³-hybridized carbons (Fsp3) is 0.875. The summed E-state index contributed by atoms with van der Waals surface area (Å²) in [5.74, 6) is 0.522. The first-order valence-electron chi connectivity index (χ1n) is 4.03. The Morgan fingerprint density at radius 1 is 1.73 bits per heavy atom. The molecule has 11 heavy (non-hydrogen) atoms. The Kier molecular flexibility index (Phi) is 1.22. The number of rotatable bonds is 0. The lowest BCUT2D eigenvalue weighted by Gasteiger charge is -2.22. The minimum Gasteiger partial charge on any atom is -0.358 e. The van der Waals surface area contributed by atoms with Crippen LogP contribution in [0.2, 0.25) is 0 Å². The SMILES string of the molecule is CC1CC(N)C(=O)C2(C)OC12. The monoisotopic (exact) mass is 155 g/mol. The van der Waals surface area contributed by atoms with Gasteiger partial charge in [-0.1, -0.05) is 6.92 Å². The first-order chi connectivity index (χ1) is 5.05. The van der Waals surface area contributed by atoms with Gasteiger partial charge >= 0.3 is 0 Å². The molecule has 4 atom stereocenters. The maximum Gasteiger partial charge on any atom is 0.183 e. The van der Waals surface area contributed by atoms with E-state index in [1.807, 2.05) is 6.92 Å². The fourth-order valence-electron chi connectivity index (χ4n) is 2.09. The van der Waals surface area contributed by atoms with Crippen molar-refractivity contribution in [3.8, 4) is 0 Å². The van der Waals surface area contributed by atoms with Gasteiger partial charge in [-0.25, -0.2) is 0 Å². The predicted molar refractivity (Wildman–Crippen MR) is 40.0 cm³/mol. The van der Waals surface area contributed by atoms with Crippen LogP contribution in [0.4, 0.5) is 0 Å². The molecule has 2 rings (SSSR count). The van der Waals surface area contributed by atoms with Gasteiger partial charge < -0.3 is 10.5 Å². The lowest BCUT2D eigenvalue weighted by Crippen LogP contribution is -2.46. The molecule has 0 aromatic rings. The smallest absolute Gasteiger partial charge is 0.183 e. The Bertz CT molecular complexity index is 216. The van der Waals surface area contributed by atoms with Crippen LogP contribution in [0.25, 0.3) is 0 Å². The van der Waals surface area contributed by atoms with Crippen molar-refractivity contribution in [3.63, 3.8) is 0 Å². The van der Waals surface area contributed by atoms with Crippen molar-refractivity contribution in [1.29, 1.82) is 0 Å². The van der Waals surface area contributed by atoms with Crippen LogP contribution in [-0.4, -0.2) is 23.5 Å². The molecular formula is C8H13NO2. The number of nitrogens with two attached hydrogens (primary N) is 1. The molecule has 1 aliphatic carbocycles. The molecule has 1 heterocycles. The van der Waals surface area contributed by atoms with Crippen molar-refractivity contribution in [2.45, 2.75) is 38.0 Å². The number of carbonyl (C=O) groups is 1. The van der Waals surface area contributed by atoms with E-state index in [9.17, 15) is 4.79 Å². The van der Waals surface area contributed by atoms with Crippen molar-refractivity contribution in [3.05, 3.63) is 0 Å². The second kappa shape index (κ2) is 1.84. The molecule has 0 spiro atoms. The average molecular weight is 155 g/mol. The van der Waals surface area contributed by atoms with Gasteiger partial charge in [0, 0.05) is 0 Å². The van der Waals surface area contributed by atoms with Crippen molar-refractivity contribution in [1.82, 2.24) is 0 Å². The lowest BCUT2D eigenvalue weighted by atomic mass is 9.80. The third-order valence-corrected chi connectivity index (χ3v) is 2.83. The first kappa shape index (κ1) is 7.25. The highest BCUT2D eigenvalue weighted by Gasteiger charge is 2.64. The summed E-state index contributed by atoms with van der Waals surface area (Å²) in [6.07, 6.45) is 0.925. The van der Waals surface area contributed by atoms with E-state index in [-0.39, 0.29) is 17.9 Å². The second-order valence-corrected chi connectivity index (χ2v) is 3.83. The second-order valence-electron chi connectivity index (χ2n) is 3.83. The quantitative estimate of drug-likeness (QED) is 0.504.